The summed E-state index contributed by atoms with van der Waals surface area (Å²) in [5, 5.41) is 5.91. The third-order valence-electron chi connectivity index (χ3n) is 2.88. The molecule has 1 heterocycles. The molecule has 98 valence electrons. The van der Waals surface area contributed by atoms with Gasteiger partial charge in [0.15, 0.2) is 0 Å². The van der Waals surface area contributed by atoms with Crippen molar-refractivity contribution in [2.75, 3.05) is 23.4 Å². The number of hydrogen-bond donors (Lipinski definition) is 2. The second kappa shape index (κ2) is 6.75. The van der Waals surface area contributed by atoms with Gasteiger partial charge in [0.2, 0.25) is 5.91 Å². The van der Waals surface area contributed by atoms with Crippen LogP contribution in [-0.2, 0) is 4.79 Å². The van der Waals surface area contributed by atoms with E-state index in [9.17, 15) is 9.18 Å². The summed E-state index contributed by atoms with van der Waals surface area (Å²) in [7, 11) is 0. The van der Waals surface area contributed by atoms with Crippen LogP contribution in [0, 0.1) is 5.82 Å². The van der Waals surface area contributed by atoms with Crippen molar-refractivity contribution >= 4 is 23.4 Å². The number of halogens is 1. The summed E-state index contributed by atoms with van der Waals surface area (Å²) in [5.41, 5.74) is 0.501. The lowest BCUT2D eigenvalue weighted by Gasteiger charge is -2.22. The van der Waals surface area contributed by atoms with E-state index >= 15 is 0 Å². The Kier molecular flexibility index (Phi) is 5.01. The molecule has 1 fully saturated rings. The second-order valence-electron chi connectivity index (χ2n) is 4.33. The number of nitrogens with one attached hydrogen (secondary N) is 2. The van der Waals surface area contributed by atoms with Crippen LogP contribution in [0.4, 0.5) is 10.1 Å². The Morgan fingerprint density at radius 1 is 1.39 bits per heavy atom. The molecule has 1 saturated heterocycles. The molecule has 0 radical (unpaired) electrons. The Balaban J connectivity index is 1.74. The normalized spacial score (nSPS) is 16.5. The summed E-state index contributed by atoms with van der Waals surface area (Å²) in [6, 6.07) is 6.36. The van der Waals surface area contributed by atoms with Crippen LogP contribution < -0.4 is 10.6 Å². The van der Waals surface area contributed by atoms with Gasteiger partial charge in [0.1, 0.15) is 5.82 Å². The molecule has 1 aliphatic heterocycles. The second-order valence-corrected chi connectivity index (χ2v) is 5.55. The molecule has 0 bridgehead atoms. The molecule has 0 spiro atoms. The molecule has 1 amide bonds. The maximum Gasteiger partial charge on any atom is 0.238 e. The van der Waals surface area contributed by atoms with Crippen molar-refractivity contribution in [2.24, 2.45) is 0 Å². The number of amides is 1. The van der Waals surface area contributed by atoms with Gasteiger partial charge >= 0.3 is 0 Å². The molecule has 5 heteroatoms. The average molecular weight is 268 g/mol. The summed E-state index contributed by atoms with van der Waals surface area (Å²) in [5.74, 6) is 1.84. The molecule has 2 N–H and O–H groups in total. The number of hydrogen-bond acceptors (Lipinski definition) is 3. The van der Waals surface area contributed by atoms with Crippen molar-refractivity contribution < 1.29 is 9.18 Å². The molecular formula is C13H17FN2OS. The molecule has 0 saturated carbocycles. The summed E-state index contributed by atoms with van der Waals surface area (Å²) in [4.78, 5) is 11.7. The van der Waals surface area contributed by atoms with Gasteiger partial charge in [-0.2, -0.15) is 11.8 Å². The summed E-state index contributed by atoms with van der Waals surface area (Å²) in [6.07, 6.45) is 2.22. The summed E-state index contributed by atoms with van der Waals surface area (Å²) >= 11 is 1.95. The van der Waals surface area contributed by atoms with E-state index in [2.05, 4.69) is 10.6 Å². The van der Waals surface area contributed by atoms with Crippen molar-refractivity contribution in [1.29, 1.82) is 0 Å². The molecule has 1 aromatic carbocycles. The fourth-order valence-electron chi connectivity index (χ4n) is 1.91. The molecule has 18 heavy (non-hydrogen) atoms. The van der Waals surface area contributed by atoms with E-state index in [1.165, 1.54) is 12.1 Å². The highest BCUT2D eigenvalue weighted by Gasteiger charge is 2.14. The molecule has 0 aliphatic carbocycles. The van der Waals surface area contributed by atoms with Crippen LogP contribution in [-0.4, -0.2) is 30.0 Å². The Hall–Kier alpha value is -1.07. The zero-order chi connectivity index (χ0) is 12.8. The maximum atomic E-state index is 12.9. The number of rotatable bonds is 4. The van der Waals surface area contributed by atoms with Gasteiger partial charge in [-0.05, 0) is 42.5 Å². The van der Waals surface area contributed by atoms with Gasteiger partial charge in [0.05, 0.1) is 6.54 Å². The van der Waals surface area contributed by atoms with E-state index in [0.29, 0.717) is 11.7 Å². The number of carbonyl (C=O) groups is 1. The lowest BCUT2D eigenvalue weighted by molar-refractivity contribution is -0.115. The first-order chi connectivity index (χ1) is 8.74. The highest BCUT2D eigenvalue weighted by molar-refractivity contribution is 7.99. The monoisotopic (exact) mass is 268 g/mol. The molecule has 0 atom stereocenters. The molecule has 3 nitrogen and oxygen atoms in total. The minimum absolute atomic E-state index is 0.126. The van der Waals surface area contributed by atoms with Crippen molar-refractivity contribution in [3.63, 3.8) is 0 Å². The highest BCUT2D eigenvalue weighted by Crippen LogP contribution is 2.16. The minimum Gasteiger partial charge on any atom is -0.325 e. The standard InChI is InChI=1S/C13H17FN2OS/c14-10-2-1-3-12(8-10)16-13(17)9-15-11-4-6-18-7-5-11/h1-3,8,11,15H,4-7,9H2,(H,16,17). The Morgan fingerprint density at radius 3 is 2.89 bits per heavy atom. The lowest BCUT2D eigenvalue weighted by Crippen LogP contribution is -2.38. The lowest BCUT2D eigenvalue weighted by atomic mass is 10.1. The van der Waals surface area contributed by atoms with Crippen molar-refractivity contribution in [3.8, 4) is 0 Å². The molecule has 0 aromatic heterocycles. The van der Waals surface area contributed by atoms with Gasteiger partial charge in [0.25, 0.3) is 0 Å². The SMILES string of the molecule is O=C(CNC1CCSCC1)Nc1cccc(F)c1. The molecule has 1 aromatic rings. The average Bonchev–Trinajstić information content (AvgIpc) is 2.38. The summed E-state index contributed by atoms with van der Waals surface area (Å²) in [6.45, 7) is 0.284. The van der Waals surface area contributed by atoms with Gasteiger partial charge in [-0.1, -0.05) is 6.07 Å². The zero-order valence-electron chi connectivity index (χ0n) is 10.1. The first kappa shape index (κ1) is 13.4. The van der Waals surface area contributed by atoms with E-state index in [0.717, 1.165) is 24.3 Å². The molecule has 1 aliphatic rings. The number of thioether (sulfide) groups is 1. The smallest absolute Gasteiger partial charge is 0.238 e. The van der Waals surface area contributed by atoms with Crippen LogP contribution in [0.5, 0.6) is 0 Å². The van der Waals surface area contributed by atoms with Gasteiger partial charge in [-0.15, -0.1) is 0 Å². The van der Waals surface area contributed by atoms with Crippen LogP contribution in [0.3, 0.4) is 0 Å². The molecule has 0 unspecified atom stereocenters. The highest BCUT2D eigenvalue weighted by atomic mass is 32.2. The van der Waals surface area contributed by atoms with Gasteiger partial charge < -0.3 is 10.6 Å². The summed E-state index contributed by atoms with van der Waals surface area (Å²) < 4.78 is 12.9. The van der Waals surface area contributed by atoms with Gasteiger partial charge in [0, 0.05) is 11.7 Å². The van der Waals surface area contributed by atoms with Crippen molar-refractivity contribution in [1.82, 2.24) is 5.32 Å². The van der Waals surface area contributed by atoms with Crippen LogP contribution >= 0.6 is 11.8 Å². The first-order valence-electron chi connectivity index (χ1n) is 6.10. The van der Waals surface area contributed by atoms with Crippen LogP contribution in [0.2, 0.25) is 0 Å². The van der Waals surface area contributed by atoms with E-state index in [-0.39, 0.29) is 18.3 Å². The van der Waals surface area contributed by atoms with E-state index < -0.39 is 0 Å². The van der Waals surface area contributed by atoms with E-state index in [1.54, 1.807) is 12.1 Å². The number of anilines is 1. The predicted molar refractivity (Wildman–Crippen MR) is 73.4 cm³/mol. The van der Waals surface area contributed by atoms with Crippen LogP contribution in [0.25, 0.3) is 0 Å². The maximum absolute atomic E-state index is 12.9. The first-order valence-corrected chi connectivity index (χ1v) is 7.26. The van der Waals surface area contributed by atoms with Crippen molar-refractivity contribution in [2.45, 2.75) is 18.9 Å². The Labute approximate surface area is 111 Å². The largest absolute Gasteiger partial charge is 0.325 e. The van der Waals surface area contributed by atoms with Gasteiger partial charge in [-0.25, -0.2) is 4.39 Å². The molecule has 2 rings (SSSR count). The number of benzene rings is 1. The fourth-order valence-corrected chi connectivity index (χ4v) is 3.02. The minimum atomic E-state index is -0.343. The topological polar surface area (TPSA) is 41.1 Å². The molecular weight excluding hydrogens is 251 g/mol. The Bertz CT molecular complexity index is 408. The number of carbonyl (C=O) groups excluding carboxylic acids is 1. The van der Waals surface area contributed by atoms with Crippen LogP contribution in [0.1, 0.15) is 12.8 Å². The van der Waals surface area contributed by atoms with Gasteiger partial charge in [-0.3, -0.25) is 4.79 Å². The third-order valence-corrected chi connectivity index (χ3v) is 3.93. The quantitative estimate of drug-likeness (QED) is 0.880. The van der Waals surface area contributed by atoms with Crippen molar-refractivity contribution in [3.05, 3.63) is 30.1 Å². The third kappa shape index (κ3) is 4.31. The van der Waals surface area contributed by atoms with E-state index in [4.69, 9.17) is 0 Å². The fraction of sp³-hybridized carbons (Fsp3) is 0.462. The predicted octanol–water partition coefficient (Wildman–Crippen LogP) is 2.25. The van der Waals surface area contributed by atoms with E-state index in [1.807, 2.05) is 11.8 Å². The van der Waals surface area contributed by atoms with Crippen LogP contribution in [0.15, 0.2) is 24.3 Å². The Morgan fingerprint density at radius 2 is 2.17 bits per heavy atom. The zero-order valence-corrected chi connectivity index (χ0v) is 10.9.